The highest BCUT2D eigenvalue weighted by atomic mass is 35.5. The summed E-state index contributed by atoms with van der Waals surface area (Å²) in [6.45, 7) is 11.4. The van der Waals surface area contributed by atoms with Crippen LogP contribution in [0.25, 0.3) is 11.6 Å². The summed E-state index contributed by atoms with van der Waals surface area (Å²) in [6, 6.07) is 10.1. The molecule has 0 unspecified atom stereocenters. The van der Waals surface area contributed by atoms with Crippen molar-refractivity contribution in [3.8, 4) is 5.75 Å². The highest BCUT2D eigenvalue weighted by Crippen LogP contribution is 2.37. The number of nitrogens with one attached hydrogen (secondary N) is 4. The Balaban J connectivity index is 1.58. The van der Waals surface area contributed by atoms with Crippen LogP contribution in [0.3, 0.4) is 0 Å². The van der Waals surface area contributed by atoms with Crippen molar-refractivity contribution in [1.82, 2.24) is 15.2 Å². The van der Waals surface area contributed by atoms with Crippen LogP contribution < -0.4 is 20.7 Å². The molecule has 4 rings (SSSR count). The second-order valence-corrected chi connectivity index (χ2v) is 10.3. The van der Waals surface area contributed by atoms with Crippen molar-refractivity contribution in [3.63, 3.8) is 0 Å². The maximum atomic E-state index is 13.3. The fraction of sp³-hybridized carbons (Fsp3) is 0.323. The van der Waals surface area contributed by atoms with Crippen LogP contribution in [0.2, 0.25) is 5.02 Å². The molecule has 1 aliphatic heterocycles. The molecule has 3 aromatic rings. The third kappa shape index (κ3) is 6.47. The van der Waals surface area contributed by atoms with Crippen molar-refractivity contribution in [2.75, 3.05) is 43.9 Å². The number of carbonyl (C=O) groups is 3. The van der Waals surface area contributed by atoms with E-state index in [1.54, 1.807) is 42.5 Å². The predicted molar refractivity (Wildman–Crippen MR) is 164 cm³/mol. The number of fused-ring (bicyclic) bond motifs is 1. The van der Waals surface area contributed by atoms with Crippen LogP contribution in [0.5, 0.6) is 5.75 Å². The van der Waals surface area contributed by atoms with Gasteiger partial charge in [0.25, 0.3) is 17.7 Å². The smallest absolute Gasteiger partial charge is 0.256 e. The summed E-state index contributed by atoms with van der Waals surface area (Å²) in [7, 11) is 1.52. The van der Waals surface area contributed by atoms with Gasteiger partial charge in [0.05, 0.1) is 23.3 Å². The molecule has 1 aliphatic rings. The molecule has 41 heavy (non-hydrogen) atoms. The maximum absolute atomic E-state index is 13.3. The summed E-state index contributed by atoms with van der Waals surface area (Å²) in [5.74, 6) is -0.388. The molecule has 0 radical (unpaired) electrons. The Morgan fingerprint density at radius 2 is 1.85 bits per heavy atom. The number of H-pyrrole nitrogens is 1. The zero-order valence-corrected chi connectivity index (χ0v) is 24.8. The normalized spacial score (nSPS) is 13.3. The van der Waals surface area contributed by atoms with Crippen LogP contribution >= 0.6 is 11.6 Å². The molecular formula is C31H36ClN5O4. The molecule has 0 aliphatic carbocycles. The molecule has 1 aromatic heterocycles. The van der Waals surface area contributed by atoms with E-state index in [1.807, 2.05) is 13.8 Å². The van der Waals surface area contributed by atoms with E-state index >= 15 is 0 Å². The van der Waals surface area contributed by atoms with Crippen LogP contribution in [0, 0.1) is 13.8 Å². The molecule has 2 heterocycles. The molecule has 10 heteroatoms. The van der Waals surface area contributed by atoms with E-state index in [4.69, 9.17) is 16.3 Å². The molecule has 0 atom stereocenters. The Hall–Kier alpha value is -4.08. The molecular weight excluding hydrogens is 542 g/mol. The standard InChI is InChI=1S/C31H36ClN5O4/c1-6-37(7-2)15-9-14-33-31(40)27-18(3)25(34-19(27)4)17-22-28-21(10-8-11-24(28)36-30(22)39)29(38)35-20-12-13-26(41-5)23(32)16-20/h8,10-13,16-17,34H,6-7,9,14-15H2,1-5H3,(H,33,40)(H,35,38)(H,36,39). The number of aromatic amines is 1. The number of aromatic nitrogens is 1. The second kappa shape index (κ2) is 13.1. The SMILES string of the molecule is CCN(CC)CCCNC(=O)c1c(C)[nH]c(C=C2C(=O)Nc3cccc(C(=O)Nc4ccc(OC)c(Cl)c4)c32)c1C. The Morgan fingerprint density at radius 3 is 2.54 bits per heavy atom. The van der Waals surface area contributed by atoms with Crippen LogP contribution in [0.4, 0.5) is 11.4 Å². The van der Waals surface area contributed by atoms with Crippen molar-refractivity contribution in [2.45, 2.75) is 34.1 Å². The van der Waals surface area contributed by atoms with E-state index in [0.29, 0.717) is 62.3 Å². The van der Waals surface area contributed by atoms with Crippen LogP contribution in [0.15, 0.2) is 36.4 Å². The minimum Gasteiger partial charge on any atom is -0.495 e. The van der Waals surface area contributed by atoms with Gasteiger partial charge < -0.3 is 30.6 Å². The molecule has 2 aromatic carbocycles. The van der Waals surface area contributed by atoms with Crippen molar-refractivity contribution in [1.29, 1.82) is 0 Å². The van der Waals surface area contributed by atoms with Crippen molar-refractivity contribution in [3.05, 3.63) is 75.1 Å². The summed E-state index contributed by atoms with van der Waals surface area (Å²) in [4.78, 5) is 45.0. The van der Waals surface area contributed by atoms with E-state index < -0.39 is 5.91 Å². The van der Waals surface area contributed by atoms with Gasteiger partial charge in [0, 0.05) is 40.4 Å². The van der Waals surface area contributed by atoms with Gasteiger partial charge in [-0.05, 0) is 81.9 Å². The summed E-state index contributed by atoms with van der Waals surface area (Å²) in [5.41, 5.74) is 4.79. The van der Waals surface area contributed by atoms with E-state index in [-0.39, 0.29) is 11.8 Å². The molecule has 216 valence electrons. The molecule has 0 fully saturated rings. The van der Waals surface area contributed by atoms with Crippen molar-refractivity contribution < 1.29 is 19.1 Å². The van der Waals surface area contributed by atoms with Gasteiger partial charge in [0.1, 0.15) is 5.75 Å². The number of aryl methyl sites for hydroxylation is 1. The Kier molecular flexibility index (Phi) is 9.52. The largest absolute Gasteiger partial charge is 0.495 e. The second-order valence-electron chi connectivity index (χ2n) is 9.84. The average Bonchev–Trinajstić information content (AvgIpc) is 3.42. The van der Waals surface area contributed by atoms with E-state index in [0.717, 1.165) is 31.6 Å². The molecule has 0 saturated heterocycles. The number of hydrogen-bond acceptors (Lipinski definition) is 5. The average molecular weight is 578 g/mol. The summed E-state index contributed by atoms with van der Waals surface area (Å²) in [5, 5.41) is 9.08. The zero-order chi connectivity index (χ0) is 29.7. The van der Waals surface area contributed by atoms with Gasteiger partial charge in [-0.1, -0.05) is 31.5 Å². The van der Waals surface area contributed by atoms with E-state index in [2.05, 4.69) is 39.7 Å². The number of rotatable bonds is 11. The third-order valence-electron chi connectivity index (χ3n) is 7.30. The first-order chi connectivity index (χ1) is 19.7. The number of ether oxygens (including phenoxy) is 1. The number of halogens is 1. The lowest BCUT2D eigenvalue weighted by molar-refractivity contribution is -0.110. The topological polar surface area (TPSA) is 116 Å². The highest BCUT2D eigenvalue weighted by molar-refractivity contribution is 6.37. The van der Waals surface area contributed by atoms with Gasteiger partial charge in [-0.15, -0.1) is 0 Å². The summed E-state index contributed by atoms with van der Waals surface area (Å²) in [6.07, 6.45) is 2.55. The molecule has 9 nitrogen and oxygen atoms in total. The highest BCUT2D eigenvalue weighted by Gasteiger charge is 2.30. The first kappa shape index (κ1) is 29.9. The lowest BCUT2D eigenvalue weighted by atomic mass is 9.98. The van der Waals surface area contributed by atoms with Gasteiger partial charge in [0.2, 0.25) is 0 Å². The monoisotopic (exact) mass is 577 g/mol. The Morgan fingerprint density at radius 1 is 1.10 bits per heavy atom. The molecule has 0 saturated carbocycles. The Labute approximate surface area is 245 Å². The van der Waals surface area contributed by atoms with Gasteiger partial charge in [-0.3, -0.25) is 14.4 Å². The van der Waals surface area contributed by atoms with Gasteiger partial charge in [0.15, 0.2) is 0 Å². The quantitative estimate of drug-likeness (QED) is 0.177. The number of hydrogen-bond donors (Lipinski definition) is 4. The van der Waals surface area contributed by atoms with Gasteiger partial charge in [-0.2, -0.15) is 0 Å². The van der Waals surface area contributed by atoms with E-state index in [9.17, 15) is 14.4 Å². The first-order valence-corrected chi connectivity index (χ1v) is 14.1. The van der Waals surface area contributed by atoms with Gasteiger partial charge >= 0.3 is 0 Å². The third-order valence-corrected chi connectivity index (χ3v) is 7.60. The fourth-order valence-corrected chi connectivity index (χ4v) is 5.31. The minimum absolute atomic E-state index is 0.157. The number of nitrogens with zero attached hydrogens (tertiary/aromatic N) is 1. The Bertz CT molecular complexity index is 1510. The van der Waals surface area contributed by atoms with Crippen molar-refractivity contribution >= 4 is 52.3 Å². The fourth-order valence-electron chi connectivity index (χ4n) is 5.06. The maximum Gasteiger partial charge on any atom is 0.256 e. The van der Waals surface area contributed by atoms with Gasteiger partial charge in [-0.25, -0.2) is 0 Å². The summed E-state index contributed by atoms with van der Waals surface area (Å²) < 4.78 is 5.18. The zero-order valence-electron chi connectivity index (χ0n) is 24.0. The van der Waals surface area contributed by atoms with Crippen molar-refractivity contribution in [2.24, 2.45) is 0 Å². The number of methoxy groups -OCH3 is 1. The molecule has 4 N–H and O–H groups in total. The molecule has 0 spiro atoms. The minimum atomic E-state index is -0.394. The van der Waals surface area contributed by atoms with E-state index in [1.165, 1.54) is 7.11 Å². The summed E-state index contributed by atoms with van der Waals surface area (Å²) >= 11 is 6.22. The van der Waals surface area contributed by atoms with Crippen LogP contribution in [0.1, 0.15) is 63.5 Å². The number of carbonyl (C=O) groups excluding carboxylic acids is 3. The number of benzene rings is 2. The number of anilines is 2. The molecule has 0 bridgehead atoms. The lowest BCUT2D eigenvalue weighted by Gasteiger charge is -2.17. The molecule has 3 amide bonds. The number of amides is 3. The van der Waals surface area contributed by atoms with Crippen LogP contribution in [-0.2, 0) is 4.79 Å². The predicted octanol–water partition coefficient (Wildman–Crippen LogP) is 5.50. The van der Waals surface area contributed by atoms with Crippen LogP contribution in [-0.4, -0.2) is 60.9 Å². The lowest BCUT2D eigenvalue weighted by Crippen LogP contribution is -2.30. The first-order valence-electron chi connectivity index (χ1n) is 13.7.